The van der Waals surface area contributed by atoms with Gasteiger partial charge in [0, 0.05) is 24.6 Å². The van der Waals surface area contributed by atoms with Gasteiger partial charge in [0.15, 0.2) is 11.6 Å². The number of nitrogens with zero attached hydrogens (tertiary/aromatic N) is 3. The fourth-order valence-corrected chi connectivity index (χ4v) is 2.09. The number of aromatic nitrogens is 2. The Hall–Kier alpha value is -1.96. The van der Waals surface area contributed by atoms with E-state index in [1.54, 1.807) is 11.5 Å². The minimum absolute atomic E-state index is 0.115. The maximum absolute atomic E-state index is 13.4. The van der Waals surface area contributed by atoms with Gasteiger partial charge in [-0.25, -0.2) is 13.8 Å². The maximum Gasteiger partial charge on any atom is 0.161 e. The molecule has 0 N–H and O–H groups in total. The lowest BCUT2D eigenvalue weighted by atomic mass is 10.1. The molecule has 2 aromatic rings. The Bertz CT molecular complexity index is 653. The molecule has 0 saturated carbocycles. The molecule has 0 fully saturated rings. The molecule has 5 heteroatoms. The summed E-state index contributed by atoms with van der Waals surface area (Å²) < 4.78 is 28.4. The Labute approximate surface area is 110 Å². The van der Waals surface area contributed by atoms with Crippen molar-refractivity contribution in [3.8, 4) is 6.07 Å². The first-order valence-corrected chi connectivity index (χ1v) is 6.18. The second kappa shape index (κ2) is 4.96. The highest BCUT2D eigenvalue weighted by Gasteiger charge is 2.17. The van der Waals surface area contributed by atoms with E-state index in [-0.39, 0.29) is 11.8 Å². The molecule has 0 aliphatic heterocycles. The molecular formula is C14H15F2N3. The molecule has 1 aromatic heterocycles. The Morgan fingerprint density at radius 2 is 1.89 bits per heavy atom. The predicted octanol–water partition coefficient (Wildman–Crippen LogP) is 3.60. The summed E-state index contributed by atoms with van der Waals surface area (Å²) in [5.74, 6) is -1.16. The Kier molecular flexibility index (Phi) is 3.52. The summed E-state index contributed by atoms with van der Waals surface area (Å²) in [6.45, 7) is 6.13. The summed E-state index contributed by atoms with van der Waals surface area (Å²) >= 11 is 0. The standard InChI is InChI=1S/C14H15F2N3/c1-8(2)14-18-12-4-10(15)11(16)5-13(12)19(14)7-9(3)6-17/h4-5,8-9H,7H2,1-3H3. The number of hydrogen-bond acceptors (Lipinski definition) is 2. The molecule has 0 aliphatic rings. The van der Waals surface area contributed by atoms with Crippen LogP contribution in [0.3, 0.4) is 0 Å². The van der Waals surface area contributed by atoms with Crippen LogP contribution in [0, 0.1) is 28.9 Å². The fourth-order valence-electron chi connectivity index (χ4n) is 2.09. The van der Waals surface area contributed by atoms with Crippen LogP contribution in [0.5, 0.6) is 0 Å². The fraction of sp³-hybridized carbons (Fsp3) is 0.429. The minimum atomic E-state index is -0.902. The maximum atomic E-state index is 13.4. The third-order valence-corrected chi connectivity index (χ3v) is 3.01. The summed E-state index contributed by atoms with van der Waals surface area (Å²) in [5, 5.41) is 8.92. The van der Waals surface area contributed by atoms with E-state index in [4.69, 9.17) is 5.26 Å². The lowest BCUT2D eigenvalue weighted by Gasteiger charge is -2.12. The van der Waals surface area contributed by atoms with Crippen molar-refractivity contribution in [2.24, 2.45) is 5.92 Å². The highest BCUT2D eigenvalue weighted by Crippen LogP contribution is 2.25. The molecule has 2 rings (SSSR count). The van der Waals surface area contributed by atoms with Crippen molar-refractivity contribution in [3.63, 3.8) is 0 Å². The van der Waals surface area contributed by atoms with Crippen LogP contribution in [-0.4, -0.2) is 9.55 Å². The quantitative estimate of drug-likeness (QED) is 0.849. The van der Waals surface area contributed by atoms with Crippen LogP contribution in [0.4, 0.5) is 8.78 Å². The average Bonchev–Trinajstić information content (AvgIpc) is 2.68. The van der Waals surface area contributed by atoms with Crippen LogP contribution < -0.4 is 0 Å². The van der Waals surface area contributed by atoms with E-state index >= 15 is 0 Å². The zero-order valence-electron chi connectivity index (χ0n) is 11.1. The lowest BCUT2D eigenvalue weighted by Crippen LogP contribution is -2.10. The molecule has 3 nitrogen and oxygen atoms in total. The van der Waals surface area contributed by atoms with Gasteiger partial charge in [0.05, 0.1) is 23.0 Å². The normalized spacial score (nSPS) is 12.9. The van der Waals surface area contributed by atoms with E-state index in [0.717, 1.165) is 18.0 Å². The summed E-state index contributed by atoms with van der Waals surface area (Å²) in [5.41, 5.74) is 0.956. The van der Waals surface area contributed by atoms with Gasteiger partial charge in [-0.3, -0.25) is 0 Å². The van der Waals surface area contributed by atoms with Gasteiger partial charge in [0.1, 0.15) is 5.82 Å². The molecule has 100 valence electrons. The van der Waals surface area contributed by atoms with E-state index < -0.39 is 11.6 Å². The van der Waals surface area contributed by atoms with Gasteiger partial charge in [-0.05, 0) is 6.92 Å². The molecule has 1 unspecified atom stereocenters. The number of halogens is 2. The molecule has 1 aromatic carbocycles. The summed E-state index contributed by atoms with van der Waals surface area (Å²) in [6.07, 6.45) is 0. The second-order valence-electron chi connectivity index (χ2n) is 5.02. The molecule has 0 radical (unpaired) electrons. The molecule has 0 saturated heterocycles. The second-order valence-corrected chi connectivity index (χ2v) is 5.02. The smallest absolute Gasteiger partial charge is 0.161 e. The summed E-state index contributed by atoms with van der Waals surface area (Å²) in [7, 11) is 0. The van der Waals surface area contributed by atoms with Crippen molar-refractivity contribution in [2.45, 2.75) is 33.2 Å². The Morgan fingerprint density at radius 1 is 1.26 bits per heavy atom. The largest absolute Gasteiger partial charge is 0.326 e. The zero-order chi connectivity index (χ0) is 14.2. The van der Waals surface area contributed by atoms with Gasteiger partial charge in [-0.15, -0.1) is 0 Å². The molecule has 0 spiro atoms. The third kappa shape index (κ3) is 2.43. The number of imidazole rings is 1. The molecule has 19 heavy (non-hydrogen) atoms. The Balaban J connectivity index is 2.66. The van der Waals surface area contributed by atoms with Gasteiger partial charge < -0.3 is 4.57 Å². The average molecular weight is 263 g/mol. The van der Waals surface area contributed by atoms with Gasteiger partial charge in [0.2, 0.25) is 0 Å². The highest BCUT2D eigenvalue weighted by atomic mass is 19.2. The first-order valence-electron chi connectivity index (χ1n) is 6.18. The summed E-state index contributed by atoms with van der Waals surface area (Å²) in [4.78, 5) is 4.35. The van der Waals surface area contributed by atoms with Crippen LogP contribution in [0.25, 0.3) is 11.0 Å². The van der Waals surface area contributed by atoms with Crippen LogP contribution in [0.2, 0.25) is 0 Å². The number of fused-ring (bicyclic) bond motifs is 1. The van der Waals surface area contributed by atoms with Crippen LogP contribution in [0.1, 0.15) is 32.5 Å². The minimum Gasteiger partial charge on any atom is -0.326 e. The van der Waals surface area contributed by atoms with Gasteiger partial charge in [-0.1, -0.05) is 13.8 Å². The van der Waals surface area contributed by atoms with Gasteiger partial charge in [-0.2, -0.15) is 5.26 Å². The molecule has 0 bridgehead atoms. The third-order valence-electron chi connectivity index (χ3n) is 3.01. The molecular weight excluding hydrogens is 248 g/mol. The van der Waals surface area contributed by atoms with E-state index in [9.17, 15) is 8.78 Å². The zero-order valence-corrected chi connectivity index (χ0v) is 11.1. The first-order chi connectivity index (χ1) is 8.93. The first kappa shape index (κ1) is 13.5. The van der Waals surface area contributed by atoms with Crippen molar-refractivity contribution in [3.05, 3.63) is 29.6 Å². The van der Waals surface area contributed by atoms with Crippen molar-refractivity contribution in [2.75, 3.05) is 0 Å². The van der Waals surface area contributed by atoms with E-state index in [1.807, 2.05) is 13.8 Å². The summed E-state index contributed by atoms with van der Waals surface area (Å²) in [6, 6.07) is 4.39. The van der Waals surface area contributed by atoms with Gasteiger partial charge in [0.25, 0.3) is 0 Å². The monoisotopic (exact) mass is 263 g/mol. The molecule has 1 heterocycles. The van der Waals surface area contributed by atoms with Crippen molar-refractivity contribution in [1.82, 2.24) is 9.55 Å². The van der Waals surface area contributed by atoms with E-state index in [2.05, 4.69) is 11.1 Å². The predicted molar refractivity (Wildman–Crippen MR) is 68.5 cm³/mol. The van der Waals surface area contributed by atoms with Crippen molar-refractivity contribution >= 4 is 11.0 Å². The number of benzene rings is 1. The number of nitriles is 1. The SMILES string of the molecule is CC(C#N)Cn1c(C(C)C)nc2cc(F)c(F)cc21. The number of rotatable bonds is 3. The Morgan fingerprint density at radius 3 is 2.47 bits per heavy atom. The lowest BCUT2D eigenvalue weighted by molar-refractivity contribution is 0.509. The number of hydrogen-bond donors (Lipinski definition) is 0. The van der Waals surface area contributed by atoms with Crippen LogP contribution >= 0.6 is 0 Å². The van der Waals surface area contributed by atoms with Gasteiger partial charge >= 0.3 is 0 Å². The molecule has 0 amide bonds. The molecule has 0 aliphatic carbocycles. The van der Waals surface area contributed by atoms with Crippen molar-refractivity contribution in [1.29, 1.82) is 5.26 Å². The molecule has 1 atom stereocenters. The van der Waals surface area contributed by atoms with Crippen LogP contribution in [-0.2, 0) is 6.54 Å². The van der Waals surface area contributed by atoms with Crippen LogP contribution in [0.15, 0.2) is 12.1 Å². The highest BCUT2D eigenvalue weighted by molar-refractivity contribution is 5.76. The van der Waals surface area contributed by atoms with E-state index in [1.165, 1.54) is 0 Å². The van der Waals surface area contributed by atoms with E-state index in [0.29, 0.717) is 17.6 Å². The van der Waals surface area contributed by atoms with Crippen molar-refractivity contribution < 1.29 is 8.78 Å². The topological polar surface area (TPSA) is 41.6 Å².